The third-order valence-corrected chi connectivity index (χ3v) is 3.49. The van der Waals surface area contributed by atoms with E-state index in [1.54, 1.807) is 0 Å². The molecule has 1 aliphatic heterocycles. The number of hydrogen-bond acceptors (Lipinski definition) is 0. The number of para-hydroxylation sites is 1. The maximum Gasteiger partial charge on any atom is 0.209 e. The fourth-order valence-corrected chi connectivity index (χ4v) is 2.36. The van der Waals surface area contributed by atoms with E-state index in [1.807, 2.05) is 0 Å². The third-order valence-electron chi connectivity index (χ3n) is 3.49. The molecular formula is C13H18IN. The highest BCUT2D eigenvalue weighted by Gasteiger charge is 2.41. The molecule has 0 aliphatic carbocycles. The Hall–Kier alpha value is -0.380. The van der Waals surface area contributed by atoms with E-state index >= 15 is 0 Å². The van der Waals surface area contributed by atoms with Gasteiger partial charge >= 0.3 is 0 Å². The molecule has 0 spiro atoms. The van der Waals surface area contributed by atoms with E-state index in [-0.39, 0.29) is 29.4 Å². The fourth-order valence-electron chi connectivity index (χ4n) is 2.36. The lowest BCUT2D eigenvalue weighted by molar-refractivity contribution is -0.434. The summed E-state index contributed by atoms with van der Waals surface area (Å²) in [5, 5.41) is 0. The first-order chi connectivity index (χ1) is 6.59. The second-order valence-corrected chi connectivity index (χ2v) is 4.47. The first kappa shape index (κ1) is 12.7. The van der Waals surface area contributed by atoms with Crippen LogP contribution < -0.4 is 24.0 Å². The van der Waals surface area contributed by atoms with E-state index in [0.717, 1.165) is 6.54 Å². The van der Waals surface area contributed by atoms with Gasteiger partial charge in [0.1, 0.15) is 6.54 Å². The molecule has 1 heterocycles. The minimum atomic E-state index is 0. The van der Waals surface area contributed by atoms with Gasteiger partial charge in [0.25, 0.3) is 0 Å². The lowest BCUT2D eigenvalue weighted by Gasteiger charge is -2.14. The van der Waals surface area contributed by atoms with Crippen LogP contribution in [0.4, 0.5) is 5.69 Å². The highest BCUT2D eigenvalue weighted by molar-refractivity contribution is 5.93. The Labute approximate surface area is 109 Å². The van der Waals surface area contributed by atoms with Crippen LogP contribution in [0.2, 0.25) is 0 Å². The van der Waals surface area contributed by atoms with Crippen LogP contribution in [0.5, 0.6) is 0 Å². The second kappa shape index (κ2) is 4.24. The summed E-state index contributed by atoms with van der Waals surface area (Å²) in [6.45, 7) is 10.1. The highest BCUT2D eigenvalue weighted by atomic mass is 127. The van der Waals surface area contributed by atoms with Gasteiger partial charge in [-0.25, -0.2) is 0 Å². The van der Waals surface area contributed by atoms with Crippen LogP contribution >= 0.6 is 0 Å². The summed E-state index contributed by atoms with van der Waals surface area (Å²) in [6, 6.07) is 8.72. The molecule has 0 saturated heterocycles. The molecule has 0 fully saturated rings. The predicted molar refractivity (Wildman–Crippen MR) is 60.6 cm³/mol. The molecule has 1 nitrogen and oxygen atoms in total. The van der Waals surface area contributed by atoms with Gasteiger partial charge in [-0.3, -0.25) is 0 Å². The van der Waals surface area contributed by atoms with Gasteiger partial charge in [-0.15, -0.1) is 0 Å². The molecular weight excluding hydrogens is 297 g/mol. The molecule has 82 valence electrons. The molecule has 0 bridgehead atoms. The van der Waals surface area contributed by atoms with Crippen LogP contribution in [-0.4, -0.2) is 16.8 Å². The van der Waals surface area contributed by atoms with Gasteiger partial charge in [-0.2, -0.15) is 4.58 Å². The lowest BCUT2D eigenvalue weighted by Crippen LogP contribution is -3.00. The van der Waals surface area contributed by atoms with Crippen LogP contribution in [0.1, 0.15) is 33.3 Å². The van der Waals surface area contributed by atoms with Gasteiger partial charge in [0, 0.05) is 18.6 Å². The van der Waals surface area contributed by atoms with Gasteiger partial charge in [-0.1, -0.05) is 18.2 Å². The number of fused-ring (bicyclic) bond motifs is 1. The Morgan fingerprint density at radius 3 is 2.40 bits per heavy atom. The van der Waals surface area contributed by atoms with Crippen molar-refractivity contribution in [2.24, 2.45) is 0 Å². The molecule has 1 aliphatic rings. The Kier molecular flexibility index (Phi) is 3.59. The predicted octanol–water partition coefficient (Wildman–Crippen LogP) is 0.107. The van der Waals surface area contributed by atoms with Crippen molar-refractivity contribution in [2.75, 3.05) is 6.54 Å². The Morgan fingerprint density at radius 2 is 1.80 bits per heavy atom. The van der Waals surface area contributed by atoms with E-state index in [2.05, 4.69) is 56.5 Å². The maximum absolute atomic E-state index is 2.41. The van der Waals surface area contributed by atoms with Crippen molar-refractivity contribution in [3.63, 3.8) is 0 Å². The zero-order chi connectivity index (χ0) is 10.3. The summed E-state index contributed by atoms with van der Waals surface area (Å²) >= 11 is 0. The molecule has 2 heteroatoms. The van der Waals surface area contributed by atoms with Crippen molar-refractivity contribution in [2.45, 2.75) is 33.1 Å². The summed E-state index contributed by atoms with van der Waals surface area (Å²) in [6.07, 6.45) is 0. The molecule has 0 aromatic heterocycles. The zero-order valence-corrected chi connectivity index (χ0v) is 12.0. The molecule has 0 saturated carbocycles. The number of rotatable bonds is 1. The molecule has 2 rings (SSSR count). The molecule has 0 N–H and O–H groups in total. The summed E-state index contributed by atoms with van der Waals surface area (Å²) < 4.78 is 2.41. The summed E-state index contributed by atoms with van der Waals surface area (Å²) in [5.74, 6) is 0. The minimum Gasteiger partial charge on any atom is -1.00 e. The van der Waals surface area contributed by atoms with Gasteiger partial charge < -0.3 is 24.0 Å². The van der Waals surface area contributed by atoms with Crippen molar-refractivity contribution < 1.29 is 28.6 Å². The van der Waals surface area contributed by atoms with Crippen molar-refractivity contribution in [1.29, 1.82) is 0 Å². The van der Waals surface area contributed by atoms with Gasteiger partial charge in [0.15, 0.2) is 5.71 Å². The average Bonchev–Trinajstić information content (AvgIpc) is 2.37. The molecule has 15 heavy (non-hydrogen) atoms. The standard InChI is InChI=1S/C13H18N.HI/c1-5-14-10(2)13(3,4)11-8-6-7-9-12(11)14;/h6-9H,5H2,1-4H3;1H/q+1;/p-1. The average molecular weight is 315 g/mol. The molecule has 1 aromatic rings. The Bertz CT molecular complexity index is 405. The molecule has 1 aromatic carbocycles. The number of halogens is 1. The summed E-state index contributed by atoms with van der Waals surface area (Å²) in [4.78, 5) is 0. The van der Waals surface area contributed by atoms with Crippen LogP contribution in [-0.2, 0) is 5.41 Å². The van der Waals surface area contributed by atoms with E-state index in [4.69, 9.17) is 0 Å². The molecule has 0 radical (unpaired) electrons. The Morgan fingerprint density at radius 1 is 1.20 bits per heavy atom. The molecule has 0 unspecified atom stereocenters. The zero-order valence-electron chi connectivity index (χ0n) is 9.84. The van der Waals surface area contributed by atoms with Gasteiger partial charge in [0.05, 0.1) is 5.41 Å². The summed E-state index contributed by atoms with van der Waals surface area (Å²) in [7, 11) is 0. The first-order valence-electron chi connectivity index (χ1n) is 5.30. The van der Waals surface area contributed by atoms with Gasteiger partial charge in [0.2, 0.25) is 5.69 Å². The van der Waals surface area contributed by atoms with E-state index in [1.165, 1.54) is 17.0 Å². The van der Waals surface area contributed by atoms with Crippen molar-refractivity contribution >= 4 is 11.4 Å². The van der Waals surface area contributed by atoms with E-state index in [9.17, 15) is 0 Å². The maximum atomic E-state index is 2.41. The smallest absolute Gasteiger partial charge is 0.209 e. The largest absolute Gasteiger partial charge is 1.00 e. The van der Waals surface area contributed by atoms with Crippen LogP contribution in [0.25, 0.3) is 0 Å². The van der Waals surface area contributed by atoms with Crippen LogP contribution in [0, 0.1) is 0 Å². The van der Waals surface area contributed by atoms with Crippen LogP contribution in [0.15, 0.2) is 24.3 Å². The highest BCUT2D eigenvalue weighted by Crippen LogP contribution is 2.38. The van der Waals surface area contributed by atoms with Crippen LogP contribution in [0.3, 0.4) is 0 Å². The van der Waals surface area contributed by atoms with Crippen molar-refractivity contribution in [1.82, 2.24) is 0 Å². The molecule has 0 amide bonds. The SMILES string of the molecule is CC[N+]1=C(C)C(C)(C)c2ccccc21.[I-]. The third kappa shape index (κ3) is 1.73. The molecule has 0 atom stereocenters. The Balaban J connectivity index is 0.00000112. The van der Waals surface area contributed by atoms with E-state index in [0.29, 0.717) is 0 Å². The fraction of sp³-hybridized carbons (Fsp3) is 0.462. The van der Waals surface area contributed by atoms with Gasteiger partial charge in [-0.05, 0) is 20.8 Å². The second-order valence-electron chi connectivity index (χ2n) is 4.47. The topological polar surface area (TPSA) is 3.01 Å². The summed E-state index contributed by atoms with van der Waals surface area (Å²) in [5.41, 5.74) is 4.50. The van der Waals surface area contributed by atoms with Crippen molar-refractivity contribution in [3.05, 3.63) is 29.8 Å². The number of nitrogens with zero attached hydrogens (tertiary/aromatic N) is 1. The normalized spacial score (nSPS) is 17.3. The van der Waals surface area contributed by atoms with E-state index < -0.39 is 0 Å². The lowest BCUT2D eigenvalue weighted by atomic mass is 9.82. The quantitative estimate of drug-likeness (QED) is 0.511. The first-order valence-corrected chi connectivity index (χ1v) is 5.30. The number of benzene rings is 1. The monoisotopic (exact) mass is 315 g/mol. The number of hydrogen-bond donors (Lipinski definition) is 0. The van der Waals surface area contributed by atoms with Crippen molar-refractivity contribution in [3.8, 4) is 0 Å². The minimum absolute atomic E-state index is 0.